The van der Waals surface area contributed by atoms with E-state index >= 15 is 0 Å². The van der Waals surface area contributed by atoms with Crippen LogP contribution in [0.3, 0.4) is 0 Å². The summed E-state index contributed by atoms with van der Waals surface area (Å²) in [6.07, 6.45) is 0. The minimum Gasteiger partial charge on any atom is -0.478 e. The molecule has 84 valence electrons. The molecule has 2 aliphatic rings. The minimum atomic E-state index is -0.700. The van der Waals surface area contributed by atoms with Crippen LogP contribution < -0.4 is 15.8 Å². The molecule has 5 heteroatoms. The summed E-state index contributed by atoms with van der Waals surface area (Å²) in [5.41, 5.74) is 5.84. The highest BCUT2D eigenvalue weighted by Crippen LogP contribution is 2.35. The molecular formula is C11H12N2O3. The molecule has 2 heterocycles. The number of benzene rings is 1. The van der Waals surface area contributed by atoms with E-state index in [2.05, 4.69) is 5.32 Å². The number of amides is 1. The van der Waals surface area contributed by atoms with Crippen molar-refractivity contribution in [2.75, 3.05) is 18.5 Å². The number of fused-ring (bicyclic) bond motifs is 1. The summed E-state index contributed by atoms with van der Waals surface area (Å²) in [6, 6.07) is 6.60. The first kappa shape index (κ1) is 9.62. The van der Waals surface area contributed by atoms with E-state index in [1.807, 2.05) is 18.2 Å². The highest BCUT2D eigenvalue weighted by Gasteiger charge is 2.51. The Balaban J connectivity index is 2.05. The summed E-state index contributed by atoms with van der Waals surface area (Å²) in [6.45, 7) is 0.714. The SMILES string of the molecule is NC1C(=O)Nc2ccccc2OC12COC2. The standard InChI is InChI=1S/C11H12N2O3/c12-9-10(14)13-7-3-1-2-4-8(7)16-11(9)5-15-6-11/h1-4,9H,5-6,12H2,(H,13,14). The number of ether oxygens (including phenoxy) is 2. The predicted octanol–water partition coefficient (Wildman–Crippen LogP) is 0.114. The molecule has 16 heavy (non-hydrogen) atoms. The van der Waals surface area contributed by atoms with Gasteiger partial charge in [-0.05, 0) is 12.1 Å². The number of hydrogen-bond acceptors (Lipinski definition) is 4. The topological polar surface area (TPSA) is 73.6 Å². The first-order valence-electron chi connectivity index (χ1n) is 5.13. The van der Waals surface area contributed by atoms with E-state index in [9.17, 15) is 4.79 Å². The van der Waals surface area contributed by atoms with Crippen molar-refractivity contribution in [3.8, 4) is 5.75 Å². The zero-order valence-corrected chi connectivity index (χ0v) is 8.60. The highest BCUT2D eigenvalue weighted by atomic mass is 16.6. The summed E-state index contributed by atoms with van der Waals surface area (Å²) < 4.78 is 10.9. The second-order valence-electron chi connectivity index (χ2n) is 4.12. The lowest BCUT2D eigenvalue weighted by Crippen LogP contribution is -2.67. The van der Waals surface area contributed by atoms with Gasteiger partial charge in [-0.25, -0.2) is 0 Å². The summed E-state index contributed by atoms with van der Waals surface area (Å²) in [5.74, 6) is 0.417. The van der Waals surface area contributed by atoms with Crippen molar-refractivity contribution in [3.05, 3.63) is 24.3 Å². The van der Waals surface area contributed by atoms with Crippen LogP contribution in [0.2, 0.25) is 0 Å². The monoisotopic (exact) mass is 220 g/mol. The second-order valence-corrected chi connectivity index (χ2v) is 4.12. The van der Waals surface area contributed by atoms with Crippen LogP contribution in [-0.4, -0.2) is 30.8 Å². The van der Waals surface area contributed by atoms with Gasteiger partial charge in [-0.1, -0.05) is 12.1 Å². The molecule has 1 aromatic carbocycles. The molecule has 0 saturated carbocycles. The molecule has 3 N–H and O–H groups in total. The Labute approximate surface area is 92.5 Å². The molecule has 1 aromatic rings. The van der Waals surface area contributed by atoms with Crippen LogP contribution in [0, 0.1) is 0 Å². The highest BCUT2D eigenvalue weighted by molar-refractivity contribution is 5.97. The minimum absolute atomic E-state index is 0.228. The molecule has 0 aromatic heterocycles. The fourth-order valence-corrected chi connectivity index (χ4v) is 1.93. The number of carbonyl (C=O) groups is 1. The second kappa shape index (κ2) is 3.20. The normalized spacial score (nSPS) is 26.1. The lowest BCUT2D eigenvalue weighted by atomic mass is 9.92. The van der Waals surface area contributed by atoms with Gasteiger partial charge in [0.15, 0.2) is 5.60 Å². The third kappa shape index (κ3) is 1.22. The molecular weight excluding hydrogens is 208 g/mol. The lowest BCUT2D eigenvalue weighted by molar-refractivity contribution is -0.174. The van der Waals surface area contributed by atoms with Gasteiger partial charge in [-0.3, -0.25) is 4.79 Å². The van der Waals surface area contributed by atoms with Gasteiger partial charge >= 0.3 is 0 Å². The lowest BCUT2D eigenvalue weighted by Gasteiger charge is -2.42. The molecule has 1 atom stereocenters. The Morgan fingerprint density at radius 2 is 2.12 bits per heavy atom. The van der Waals surface area contributed by atoms with Gasteiger partial charge in [0.05, 0.1) is 18.9 Å². The maximum Gasteiger partial charge on any atom is 0.245 e. The van der Waals surface area contributed by atoms with E-state index in [4.69, 9.17) is 15.2 Å². The van der Waals surface area contributed by atoms with Gasteiger partial charge in [-0.15, -0.1) is 0 Å². The van der Waals surface area contributed by atoms with E-state index in [-0.39, 0.29) is 5.91 Å². The Morgan fingerprint density at radius 3 is 2.81 bits per heavy atom. The third-order valence-electron chi connectivity index (χ3n) is 3.00. The summed E-state index contributed by atoms with van der Waals surface area (Å²) in [5, 5.41) is 2.75. The van der Waals surface area contributed by atoms with Crippen molar-refractivity contribution >= 4 is 11.6 Å². The zero-order valence-electron chi connectivity index (χ0n) is 8.60. The maximum atomic E-state index is 11.8. The van der Waals surface area contributed by atoms with Crippen LogP contribution in [0.15, 0.2) is 24.3 Å². The van der Waals surface area contributed by atoms with Crippen LogP contribution in [0.5, 0.6) is 5.75 Å². The Hall–Kier alpha value is -1.59. The first-order valence-corrected chi connectivity index (χ1v) is 5.13. The van der Waals surface area contributed by atoms with E-state index in [0.29, 0.717) is 24.7 Å². The van der Waals surface area contributed by atoms with Gasteiger partial charge in [-0.2, -0.15) is 0 Å². The van der Waals surface area contributed by atoms with Crippen molar-refractivity contribution in [2.24, 2.45) is 5.73 Å². The molecule has 5 nitrogen and oxygen atoms in total. The Morgan fingerprint density at radius 1 is 1.38 bits per heavy atom. The van der Waals surface area contributed by atoms with Crippen LogP contribution in [0.25, 0.3) is 0 Å². The summed E-state index contributed by atoms with van der Waals surface area (Å²) >= 11 is 0. The van der Waals surface area contributed by atoms with E-state index in [0.717, 1.165) is 0 Å². The summed E-state index contributed by atoms with van der Waals surface area (Å²) in [4.78, 5) is 11.8. The number of para-hydroxylation sites is 2. The summed E-state index contributed by atoms with van der Waals surface area (Å²) in [7, 11) is 0. The number of nitrogens with one attached hydrogen (secondary N) is 1. The van der Waals surface area contributed by atoms with Crippen LogP contribution >= 0.6 is 0 Å². The Kier molecular flexibility index (Phi) is 1.92. The van der Waals surface area contributed by atoms with Crippen LogP contribution in [0.4, 0.5) is 5.69 Å². The molecule has 3 rings (SSSR count). The molecule has 1 fully saturated rings. The fourth-order valence-electron chi connectivity index (χ4n) is 1.93. The van der Waals surface area contributed by atoms with Crippen LogP contribution in [-0.2, 0) is 9.53 Å². The largest absolute Gasteiger partial charge is 0.478 e. The number of nitrogens with two attached hydrogens (primary N) is 1. The first-order chi connectivity index (χ1) is 7.71. The average Bonchev–Trinajstić information content (AvgIpc) is 2.34. The number of hydrogen-bond donors (Lipinski definition) is 2. The molecule has 1 saturated heterocycles. The molecule has 0 bridgehead atoms. The van der Waals surface area contributed by atoms with Gasteiger partial charge in [0.1, 0.15) is 11.8 Å². The maximum absolute atomic E-state index is 11.8. The quantitative estimate of drug-likeness (QED) is 0.651. The molecule has 1 amide bonds. The smallest absolute Gasteiger partial charge is 0.245 e. The van der Waals surface area contributed by atoms with Crippen molar-refractivity contribution < 1.29 is 14.3 Å². The van der Waals surface area contributed by atoms with Crippen LogP contribution in [0.1, 0.15) is 0 Å². The zero-order chi connectivity index (χ0) is 11.2. The van der Waals surface area contributed by atoms with Crippen molar-refractivity contribution in [1.29, 1.82) is 0 Å². The molecule has 0 aliphatic carbocycles. The van der Waals surface area contributed by atoms with E-state index in [1.165, 1.54) is 0 Å². The van der Waals surface area contributed by atoms with Gasteiger partial charge < -0.3 is 20.5 Å². The molecule has 0 radical (unpaired) electrons. The van der Waals surface area contributed by atoms with E-state index in [1.54, 1.807) is 6.07 Å². The number of anilines is 1. The van der Waals surface area contributed by atoms with Gasteiger partial charge in [0, 0.05) is 0 Å². The number of carbonyl (C=O) groups excluding carboxylic acids is 1. The van der Waals surface area contributed by atoms with Crippen molar-refractivity contribution in [3.63, 3.8) is 0 Å². The third-order valence-corrected chi connectivity index (χ3v) is 3.00. The average molecular weight is 220 g/mol. The number of rotatable bonds is 0. The molecule has 1 spiro atoms. The van der Waals surface area contributed by atoms with E-state index < -0.39 is 11.6 Å². The van der Waals surface area contributed by atoms with Crippen molar-refractivity contribution in [1.82, 2.24) is 0 Å². The van der Waals surface area contributed by atoms with Crippen molar-refractivity contribution in [2.45, 2.75) is 11.6 Å². The molecule has 2 aliphatic heterocycles. The predicted molar refractivity (Wildman–Crippen MR) is 57.2 cm³/mol. The fraction of sp³-hybridized carbons (Fsp3) is 0.364. The molecule has 1 unspecified atom stereocenters. The van der Waals surface area contributed by atoms with Gasteiger partial charge in [0.25, 0.3) is 0 Å². The Bertz CT molecular complexity index is 443. The van der Waals surface area contributed by atoms with Gasteiger partial charge in [0.2, 0.25) is 5.91 Å².